The number of rotatable bonds is 2. The van der Waals surface area contributed by atoms with Gasteiger partial charge in [-0.05, 0) is 26.8 Å². The molecule has 116 valence electrons. The lowest BCUT2D eigenvalue weighted by Gasteiger charge is -2.42. The van der Waals surface area contributed by atoms with Crippen molar-refractivity contribution in [3.63, 3.8) is 0 Å². The second-order valence-corrected chi connectivity index (χ2v) is 7.00. The van der Waals surface area contributed by atoms with Crippen molar-refractivity contribution in [2.45, 2.75) is 32.9 Å². The third-order valence-corrected chi connectivity index (χ3v) is 4.48. The number of fused-ring (bicyclic) bond motifs is 1. The Labute approximate surface area is 128 Å². The molecule has 1 fully saturated rings. The molecule has 1 aromatic carbocycles. The molecule has 0 aromatic heterocycles. The molecular weight excluding hydrogens is 262 g/mol. The van der Waals surface area contributed by atoms with Gasteiger partial charge in [-0.15, -0.1) is 0 Å². The van der Waals surface area contributed by atoms with Crippen LogP contribution < -0.4 is 10.1 Å². The number of piperazine rings is 1. The third kappa shape index (κ3) is 3.33. The van der Waals surface area contributed by atoms with Crippen molar-refractivity contribution >= 4 is 5.69 Å². The Kier molecular flexibility index (Phi) is 4.09. The zero-order chi connectivity index (χ0) is 14.9. The van der Waals surface area contributed by atoms with E-state index in [2.05, 4.69) is 54.1 Å². The minimum atomic E-state index is 0.283. The van der Waals surface area contributed by atoms with Crippen molar-refractivity contribution in [1.29, 1.82) is 0 Å². The van der Waals surface area contributed by atoms with Crippen LogP contribution in [0.2, 0.25) is 0 Å². The largest absolute Gasteiger partial charge is 0.489 e. The topological polar surface area (TPSA) is 27.7 Å². The van der Waals surface area contributed by atoms with E-state index in [9.17, 15) is 0 Å². The van der Waals surface area contributed by atoms with Gasteiger partial charge >= 0.3 is 0 Å². The van der Waals surface area contributed by atoms with Crippen LogP contribution in [-0.2, 0) is 6.54 Å². The molecule has 4 nitrogen and oxygen atoms in total. The van der Waals surface area contributed by atoms with Crippen molar-refractivity contribution in [2.24, 2.45) is 0 Å². The highest BCUT2D eigenvalue weighted by molar-refractivity contribution is 5.61. The summed E-state index contributed by atoms with van der Waals surface area (Å²) in [7, 11) is 0. The van der Waals surface area contributed by atoms with Crippen molar-refractivity contribution < 1.29 is 4.74 Å². The van der Waals surface area contributed by atoms with Crippen molar-refractivity contribution in [1.82, 2.24) is 9.80 Å². The van der Waals surface area contributed by atoms with E-state index in [1.807, 2.05) is 0 Å². The Bertz CT molecular complexity index is 487. The van der Waals surface area contributed by atoms with E-state index in [0.717, 1.165) is 57.3 Å². The molecule has 0 bridgehead atoms. The summed E-state index contributed by atoms with van der Waals surface area (Å²) in [4.78, 5) is 5.11. The molecule has 1 saturated heterocycles. The van der Waals surface area contributed by atoms with Crippen LogP contribution in [-0.4, -0.2) is 54.7 Å². The summed E-state index contributed by atoms with van der Waals surface area (Å²) in [5, 5.41) is 3.42. The summed E-state index contributed by atoms with van der Waals surface area (Å²) in [6, 6.07) is 6.43. The van der Waals surface area contributed by atoms with Gasteiger partial charge in [0.15, 0.2) is 0 Å². The van der Waals surface area contributed by atoms with Gasteiger partial charge in [-0.25, -0.2) is 0 Å². The van der Waals surface area contributed by atoms with E-state index >= 15 is 0 Å². The lowest BCUT2D eigenvalue weighted by atomic mass is 10.0. The highest BCUT2D eigenvalue weighted by Crippen LogP contribution is 2.32. The van der Waals surface area contributed by atoms with Crippen LogP contribution in [0.15, 0.2) is 18.2 Å². The molecule has 4 heteroatoms. The monoisotopic (exact) mass is 289 g/mol. The van der Waals surface area contributed by atoms with Crippen LogP contribution in [0.1, 0.15) is 26.3 Å². The SMILES string of the molecule is CC(C)(C)N1CCN(Cc2cccc3c2OCCN3)CC1. The zero-order valence-corrected chi connectivity index (χ0v) is 13.5. The fraction of sp³-hybridized carbons (Fsp3) is 0.647. The van der Waals surface area contributed by atoms with Gasteiger partial charge in [-0.1, -0.05) is 12.1 Å². The van der Waals surface area contributed by atoms with Gasteiger partial charge in [-0.2, -0.15) is 0 Å². The first-order valence-electron chi connectivity index (χ1n) is 8.00. The number of hydrogen-bond donors (Lipinski definition) is 1. The maximum Gasteiger partial charge on any atom is 0.146 e. The van der Waals surface area contributed by atoms with Crippen LogP contribution in [0.5, 0.6) is 5.75 Å². The van der Waals surface area contributed by atoms with Gasteiger partial charge < -0.3 is 10.1 Å². The predicted molar refractivity (Wildman–Crippen MR) is 87.0 cm³/mol. The summed E-state index contributed by atoms with van der Waals surface area (Å²) in [5.74, 6) is 1.06. The van der Waals surface area contributed by atoms with E-state index in [1.165, 1.54) is 5.56 Å². The second-order valence-electron chi connectivity index (χ2n) is 7.00. The van der Waals surface area contributed by atoms with Gasteiger partial charge in [0, 0.05) is 50.4 Å². The summed E-state index contributed by atoms with van der Waals surface area (Å²) in [6.45, 7) is 14.1. The Morgan fingerprint density at radius 2 is 1.90 bits per heavy atom. The van der Waals surface area contributed by atoms with Crippen molar-refractivity contribution in [3.8, 4) is 5.75 Å². The molecular formula is C17H27N3O. The zero-order valence-electron chi connectivity index (χ0n) is 13.5. The van der Waals surface area contributed by atoms with Crippen LogP contribution >= 0.6 is 0 Å². The molecule has 0 unspecified atom stereocenters. The Morgan fingerprint density at radius 1 is 1.14 bits per heavy atom. The van der Waals surface area contributed by atoms with Gasteiger partial charge in [0.05, 0.1) is 5.69 Å². The minimum absolute atomic E-state index is 0.283. The second kappa shape index (κ2) is 5.85. The molecule has 0 amide bonds. The highest BCUT2D eigenvalue weighted by atomic mass is 16.5. The Balaban J connectivity index is 1.64. The number of nitrogens with one attached hydrogen (secondary N) is 1. The maximum absolute atomic E-state index is 5.87. The molecule has 21 heavy (non-hydrogen) atoms. The molecule has 2 aliphatic heterocycles. The first-order valence-corrected chi connectivity index (χ1v) is 8.00. The van der Waals surface area contributed by atoms with Crippen LogP contribution in [0, 0.1) is 0 Å². The first-order chi connectivity index (χ1) is 10.0. The average Bonchev–Trinajstić information content (AvgIpc) is 2.47. The summed E-state index contributed by atoms with van der Waals surface area (Å²) in [5.41, 5.74) is 2.74. The summed E-state index contributed by atoms with van der Waals surface area (Å²) >= 11 is 0. The summed E-state index contributed by atoms with van der Waals surface area (Å²) < 4.78 is 5.87. The predicted octanol–water partition coefficient (Wildman–Crippen LogP) is 2.41. The molecule has 0 atom stereocenters. The molecule has 0 saturated carbocycles. The van der Waals surface area contributed by atoms with E-state index in [4.69, 9.17) is 4.74 Å². The normalized spacial score (nSPS) is 20.5. The smallest absolute Gasteiger partial charge is 0.146 e. The Morgan fingerprint density at radius 3 is 2.62 bits per heavy atom. The fourth-order valence-corrected chi connectivity index (χ4v) is 3.18. The molecule has 0 radical (unpaired) electrons. The van der Waals surface area contributed by atoms with Crippen LogP contribution in [0.25, 0.3) is 0 Å². The molecule has 2 aliphatic rings. The maximum atomic E-state index is 5.87. The average molecular weight is 289 g/mol. The van der Waals surface area contributed by atoms with E-state index < -0.39 is 0 Å². The molecule has 2 heterocycles. The van der Waals surface area contributed by atoms with Crippen LogP contribution in [0.4, 0.5) is 5.69 Å². The van der Waals surface area contributed by atoms with Crippen LogP contribution in [0.3, 0.4) is 0 Å². The minimum Gasteiger partial charge on any atom is -0.489 e. The lowest BCUT2D eigenvalue weighted by Crippen LogP contribution is -2.53. The van der Waals surface area contributed by atoms with Crippen molar-refractivity contribution in [3.05, 3.63) is 23.8 Å². The third-order valence-electron chi connectivity index (χ3n) is 4.48. The van der Waals surface area contributed by atoms with Gasteiger partial charge in [0.2, 0.25) is 0 Å². The number of ether oxygens (including phenoxy) is 1. The van der Waals surface area contributed by atoms with E-state index in [0.29, 0.717) is 0 Å². The number of anilines is 1. The molecule has 1 aromatic rings. The molecule has 3 rings (SSSR count). The van der Waals surface area contributed by atoms with Gasteiger partial charge in [0.25, 0.3) is 0 Å². The first kappa shape index (κ1) is 14.7. The van der Waals surface area contributed by atoms with Gasteiger partial charge in [0.1, 0.15) is 12.4 Å². The number of nitrogens with zero attached hydrogens (tertiary/aromatic N) is 2. The Hall–Kier alpha value is -1.26. The van der Waals surface area contributed by atoms with E-state index in [1.54, 1.807) is 0 Å². The lowest BCUT2D eigenvalue weighted by molar-refractivity contribution is 0.0587. The molecule has 0 spiro atoms. The number of benzene rings is 1. The molecule has 0 aliphatic carbocycles. The summed E-state index contributed by atoms with van der Waals surface area (Å²) in [6.07, 6.45) is 0. The standard InChI is InChI=1S/C17H27N3O/c1-17(2,3)20-10-8-19(9-11-20)13-14-5-4-6-15-16(14)21-12-7-18-15/h4-6,18H,7-13H2,1-3H3. The van der Waals surface area contributed by atoms with Gasteiger partial charge in [-0.3, -0.25) is 9.80 Å². The number of para-hydroxylation sites is 1. The highest BCUT2D eigenvalue weighted by Gasteiger charge is 2.26. The molecule has 1 N–H and O–H groups in total. The quantitative estimate of drug-likeness (QED) is 0.905. The number of hydrogen-bond acceptors (Lipinski definition) is 4. The van der Waals surface area contributed by atoms with E-state index in [-0.39, 0.29) is 5.54 Å². The van der Waals surface area contributed by atoms with Crippen molar-refractivity contribution in [2.75, 3.05) is 44.6 Å². The fourth-order valence-electron chi connectivity index (χ4n) is 3.18.